The molecule has 2 aromatic rings. The highest BCUT2D eigenvalue weighted by Crippen LogP contribution is 2.24. The number of thiocarbonyl (C=S) groups is 1. The van der Waals surface area contributed by atoms with Crippen molar-refractivity contribution in [1.82, 2.24) is 5.32 Å². The standard InChI is InChI=1S/C20H23N3O3S/c1-20(2,3)14-6-10-16(11-7-14)26-12-17(24)23-19(27)22-15-8-4-13(5-9-15)18(21)25/h4-11H,12H2,1-3H3,(H2,21,25)(H2,22,23,24,27). The molecule has 142 valence electrons. The van der Waals surface area contributed by atoms with Gasteiger partial charge in [0, 0.05) is 11.3 Å². The van der Waals surface area contributed by atoms with E-state index in [9.17, 15) is 9.59 Å². The normalized spacial score (nSPS) is 10.8. The third-order valence-electron chi connectivity index (χ3n) is 3.77. The lowest BCUT2D eigenvalue weighted by Crippen LogP contribution is -2.37. The van der Waals surface area contributed by atoms with Crippen LogP contribution in [0.4, 0.5) is 5.69 Å². The highest BCUT2D eigenvalue weighted by atomic mass is 32.1. The molecule has 27 heavy (non-hydrogen) atoms. The molecule has 0 fully saturated rings. The summed E-state index contributed by atoms with van der Waals surface area (Å²) in [5, 5.41) is 5.53. The molecular formula is C20H23N3O3S. The largest absolute Gasteiger partial charge is 0.484 e. The summed E-state index contributed by atoms with van der Waals surface area (Å²) in [6.45, 7) is 6.24. The zero-order valence-corrected chi connectivity index (χ0v) is 16.4. The van der Waals surface area contributed by atoms with Crippen LogP contribution >= 0.6 is 12.2 Å². The van der Waals surface area contributed by atoms with E-state index in [1.54, 1.807) is 24.3 Å². The van der Waals surface area contributed by atoms with Crippen molar-refractivity contribution < 1.29 is 14.3 Å². The molecule has 0 aliphatic rings. The van der Waals surface area contributed by atoms with Crippen LogP contribution in [-0.4, -0.2) is 23.5 Å². The molecule has 0 heterocycles. The van der Waals surface area contributed by atoms with Gasteiger partial charge in [-0.3, -0.25) is 14.9 Å². The van der Waals surface area contributed by atoms with E-state index in [1.165, 1.54) is 5.56 Å². The van der Waals surface area contributed by atoms with E-state index in [0.717, 1.165) is 0 Å². The van der Waals surface area contributed by atoms with Crippen LogP contribution < -0.4 is 21.1 Å². The number of nitrogens with two attached hydrogens (primary N) is 1. The van der Waals surface area contributed by atoms with E-state index >= 15 is 0 Å². The first-order chi connectivity index (χ1) is 12.6. The van der Waals surface area contributed by atoms with Gasteiger partial charge in [0.25, 0.3) is 5.91 Å². The molecule has 0 bridgehead atoms. The molecule has 0 aliphatic heterocycles. The van der Waals surface area contributed by atoms with Gasteiger partial charge in [-0.25, -0.2) is 0 Å². The summed E-state index contributed by atoms with van der Waals surface area (Å²) in [7, 11) is 0. The van der Waals surface area contributed by atoms with Crippen molar-refractivity contribution in [2.24, 2.45) is 5.73 Å². The fourth-order valence-corrected chi connectivity index (χ4v) is 2.47. The van der Waals surface area contributed by atoms with Crippen molar-refractivity contribution >= 4 is 34.8 Å². The summed E-state index contributed by atoms with van der Waals surface area (Å²) in [6.07, 6.45) is 0. The molecule has 0 aliphatic carbocycles. The summed E-state index contributed by atoms with van der Waals surface area (Å²) in [5.41, 5.74) is 7.45. The molecule has 0 atom stereocenters. The molecule has 2 aromatic carbocycles. The van der Waals surface area contributed by atoms with Crippen LogP contribution in [0.15, 0.2) is 48.5 Å². The van der Waals surface area contributed by atoms with Gasteiger partial charge in [-0.2, -0.15) is 0 Å². The van der Waals surface area contributed by atoms with Gasteiger partial charge in [-0.1, -0.05) is 32.9 Å². The van der Waals surface area contributed by atoms with Gasteiger partial charge < -0.3 is 15.8 Å². The molecule has 0 radical (unpaired) electrons. The Balaban J connectivity index is 1.81. The summed E-state index contributed by atoms with van der Waals surface area (Å²) in [4.78, 5) is 23.0. The molecule has 2 amide bonds. The minimum atomic E-state index is -0.509. The molecule has 0 saturated carbocycles. The average Bonchev–Trinajstić information content (AvgIpc) is 2.60. The van der Waals surface area contributed by atoms with E-state index in [4.69, 9.17) is 22.7 Å². The molecule has 0 unspecified atom stereocenters. The van der Waals surface area contributed by atoms with Gasteiger partial charge in [0.05, 0.1) is 0 Å². The fraction of sp³-hybridized carbons (Fsp3) is 0.250. The zero-order valence-electron chi connectivity index (χ0n) is 15.5. The molecule has 4 N–H and O–H groups in total. The van der Waals surface area contributed by atoms with E-state index in [1.807, 2.05) is 24.3 Å². The van der Waals surface area contributed by atoms with Gasteiger partial charge in [0.15, 0.2) is 11.7 Å². The van der Waals surface area contributed by atoms with E-state index in [-0.39, 0.29) is 23.0 Å². The van der Waals surface area contributed by atoms with Crippen LogP contribution in [0.25, 0.3) is 0 Å². The predicted molar refractivity (Wildman–Crippen MR) is 110 cm³/mol. The maximum absolute atomic E-state index is 12.0. The minimum Gasteiger partial charge on any atom is -0.484 e. The Kier molecular flexibility index (Phi) is 6.52. The number of carbonyl (C=O) groups excluding carboxylic acids is 2. The highest BCUT2D eigenvalue weighted by Gasteiger charge is 2.13. The SMILES string of the molecule is CC(C)(C)c1ccc(OCC(=O)NC(=S)Nc2ccc(C(N)=O)cc2)cc1. The molecule has 6 nitrogen and oxygen atoms in total. The van der Waals surface area contributed by atoms with E-state index in [0.29, 0.717) is 17.0 Å². The van der Waals surface area contributed by atoms with Crippen LogP contribution in [0.5, 0.6) is 5.75 Å². The van der Waals surface area contributed by atoms with Crippen molar-refractivity contribution in [2.45, 2.75) is 26.2 Å². The van der Waals surface area contributed by atoms with Crippen molar-refractivity contribution in [3.05, 3.63) is 59.7 Å². The summed E-state index contributed by atoms with van der Waals surface area (Å²) in [6, 6.07) is 14.1. The van der Waals surface area contributed by atoms with Crippen LogP contribution in [-0.2, 0) is 10.2 Å². The molecular weight excluding hydrogens is 362 g/mol. The second-order valence-electron chi connectivity index (χ2n) is 7.01. The minimum absolute atomic E-state index is 0.0589. The first kappa shape index (κ1) is 20.4. The second-order valence-corrected chi connectivity index (χ2v) is 7.42. The lowest BCUT2D eigenvalue weighted by Gasteiger charge is -2.19. The smallest absolute Gasteiger partial charge is 0.264 e. The Labute approximate surface area is 164 Å². The summed E-state index contributed by atoms with van der Waals surface area (Å²) < 4.78 is 5.48. The number of hydrogen-bond donors (Lipinski definition) is 3. The van der Waals surface area contributed by atoms with Crippen LogP contribution in [0.2, 0.25) is 0 Å². The first-order valence-corrected chi connectivity index (χ1v) is 8.80. The number of amides is 2. The summed E-state index contributed by atoms with van der Waals surface area (Å²) >= 11 is 5.10. The highest BCUT2D eigenvalue weighted by molar-refractivity contribution is 7.80. The second kappa shape index (κ2) is 8.64. The van der Waals surface area contributed by atoms with Crippen molar-refractivity contribution in [3.8, 4) is 5.75 Å². The van der Waals surface area contributed by atoms with Crippen LogP contribution in [0.3, 0.4) is 0 Å². The first-order valence-electron chi connectivity index (χ1n) is 8.39. The Morgan fingerprint density at radius 3 is 2.15 bits per heavy atom. The maximum atomic E-state index is 12.0. The van der Waals surface area contributed by atoms with E-state index in [2.05, 4.69) is 31.4 Å². The molecule has 7 heteroatoms. The average molecular weight is 385 g/mol. The van der Waals surface area contributed by atoms with Gasteiger partial charge in [0.2, 0.25) is 5.91 Å². The number of ether oxygens (including phenoxy) is 1. The third-order valence-corrected chi connectivity index (χ3v) is 3.97. The number of benzene rings is 2. The molecule has 0 spiro atoms. The lowest BCUT2D eigenvalue weighted by molar-refractivity contribution is -0.121. The Morgan fingerprint density at radius 1 is 1.04 bits per heavy atom. The Bertz CT molecular complexity index is 825. The number of hydrogen-bond acceptors (Lipinski definition) is 4. The quantitative estimate of drug-likeness (QED) is 0.688. The van der Waals surface area contributed by atoms with Gasteiger partial charge in [-0.15, -0.1) is 0 Å². The predicted octanol–water partition coefficient (Wildman–Crippen LogP) is 2.98. The molecule has 0 aromatic heterocycles. The lowest BCUT2D eigenvalue weighted by atomic mass is 9.87. The van der Waals surface area contributed by atoms with Gasteiger partial charge in [0.1, 0.15) is 5.75 Å². The van der Waals surface area contributed by atoms with Crippen molar-refractivity contribution in [2.75, 3.05) is 11.9 Å². The summed E-state index contributed by atoms with van der Waals surface area (Å²) in [5.74, 6) is -0.273. The number of rotatable bonds is 5. The topological polar surface area (TPSA) is 93.4 Å². The number of primary amides is 1. The Morgan fingerprint density at radius 2 is 1.63 bits per heavy atom. The number of nitrogens with one attached hydrogen (secondary N) is 2. The molecule has 2 rings (SSSR count). The monoisotopic (exact) mass is 385 g/mol. The van der Waals surface area contributed by atoms with Crippen molar-refractivity contribution in [1.29, 1.82) is 0 Å². The number of carbonyl (C=O) groups is 2. The zero-order chi connectivity index (χ0) is 20.0. The van der Waals surface area contributed by atoms with E-state index < -0.39 is 5.91 Å². The maximum Gasteiger partial charge on any atom is 0.264 e. The van der Waals surface area contributed by atoms with Crippen LogP contribution in [0.1, 0.15) is 36.7 Å². The van der Waals surface area contributed by atoms with Crippen LogP contribution in [0, 0.1) is 0 Å². The fourth-order valence-electron chi connectivity index (χ4n) is 2.24. The number of anilines is 1. The van der Waals surface area contributed by atoms with Crippen molar-refractivity contribution in [3.63, 3.8) is 0 Å². The third kappa shape index (κ3) is 6.38. The Hall–Kier alpha value is -2.93. The molecule has 0 saturated heterocycles. The van der Waals surface area contributed by atoms with Gasteiger partial charge >= 0.3 is 0 Å². The van der Waals surface area contributed by atoms with Gasteiger partial charge in [-0.05, 0) is 59.6 Å².